The van der Waals surface area contributed by atoms with Crippen molar-refractivity contribution in [1.29, 1.82) is 0 Å². The highest BCUT2D eigenvalue weighted by atomic mass is 16.4. The molecular weight excluding hydrogens is 638 g/mol. The van der Waals surface area contributed by atoms with E-state index in [4.69, 9.17) is 5.73 Å². The number of carboxylic acid groups (broad SMARTS) is 1. The number of carbonyl (C=O) groups is 1. The number of hydrogen-bond donors (Lipinski definition) is 7. The van der Waals surface area contributed by atoms with Crippen LogP contribution < -0.4 is 11.1 Å². The summed E-state index contributed by atoms with van der Waals surface area (Å²) < 4.78 is 0. The van der Waals surface area contributed by atoms with Crippen LogP contribution in [0.15, 0.2) is 48.0 Å². The lowest BCUT2D eigenvalue weighted by atomic mass is 9.66. The summed E-state index contributed by atoms with van der Waals surface area (Å²) in [6.07, 6.45) is 27.7. The van der Waals surface area contributed by atoms with E-state index in [0.717, 1.165) is 82.9 Å². The van der Waals surface area contributed by atoms with Gasteiger partial charge in [0.1, 0.15) is 0 Å². The van der Waals surface area contributed by atoms with Crippen LogP contribution in [0.1, 0.15) is 141 Å². The maximum absolute atomic E-state index is 12.5. The second kappa shape index (κ2) is 18.5. The molecule has 2 heterocycles. The van der Waals surface area contributed by atoms with Crippen molar-refractivity contribution in [2.75, 3.05) is 6.54 Å². The number of H-pyrrole nitrogens is 1. The highest BCUT2D eigenvalue weighted by Gasteiger charge is 2.54. The van der Waals surface area contributed by atoms with Gasteiger partial charge in [-0.1, -0.05) is 83.4 Å². The molecule has 0 saturated heterocycles. The Hall–Kier alpha value is -2.55. The minimum absolute atomic E-state index is 0.0121. The van der Waals surface area contributed by atoms with E-state index >= 15 is 0 Å². The summed E-state index contributed by atoms with van der Waals surface area (Å²) in [5.41, 5.74) is 8.96. The summed E-state index contributed by atoms with van der Waals surface area (Å²) in [7, 11) is 0. The minimum Gasteiger partial charge on any atom is -0.481 e. The number of aromatic nitrogens is 1. The average molecular weight is 708 g/mol. The largest absolute Gasteiger partial charge is 0.481 e. The Bertz CT molecular complexity index is 1340. The fourth-order valence-corrected chi connectivity index (χ4v) is 10.3. The number of aryl methyl sites for hydroxylation is 1. The third-order valence-corrected chi connectivity index (χ3v) is 13.5. The number of aliphatic hydroxyl groups is 3. The number of nitrogens with one attached hydrogen (secondary N) is 2. The van der Waals surface area contributed by atoms with Crippen LogP contribution in [0.2, 0.25) is 0 Å². The number of nitrogens with two attached hydrogens (primary N) is 1. The van der Waals surface area contributed by atoms with Crippen LogP contribution in [0.25, 0.3) is 0 Å². The standard InChI is InChI=1S/C43H69N3O5/c1-3-5-7-12-31-15-16-32(39(48)24-31)13-8-6-9-14-37(41(49)50)38(47)17-21-43(51)28-35(25-34(43)26-36-23-30(4-2)29-46-36)42(19-10-11-20-42)33-18-22-45-40(44)27-33/h15-16,18,23,27,29,31-32,34-35,37-39,45-48,51H,3-14,17,19-22,24-26,28,44H2,1-2H3,(H,49,50). The minimum atomic E-state index is -1.01. The molecule has 5 rings (SSSR count). The molecule has 286 valence electrons. The van der Waals surface area contributed by atoms with Crippen molar-refractivity contribution >= 4 is 5.97 Å². The molecule has 0 spiro atoms. The fraction of sp³-hybridized carbons (Fsp3) is 0.744. The predicted octanol–water partition coefficient (Wildman–Crippen LogP) is 7.69. The highest BCUT2D eigenvalue weighted by Crippen LogP contribution is 2.60. The number of aliphatic carboxylic acids is 1. The summed E-state index contributed by atoms with van der Waals surface area (Å²) in [6, 6.07) is 2.21. The third kappa shape index (κ3) is 10.1. The predicted molar refractivity (Wildman–Crippen MR) is 205 cm³/mol. The molecule has 8 unspecified atom stereocenters. The summed E-state index contributed by atoms with van der Waals surface area (Å²) in [5.74, 6) is -0.129. The van der Waals surface area contributed by atoms with E-state index < -0.39 is 23.6 Å². The van der Waals surface area contributed by atoms with Crippen molar-refractivity contribution in [2.24, 2.45) is 40.7 Å². The Kier molecular flexibility index (Phi) is 14.4. The average Bonchev–Trinajstić information content (AvgIpc) is 3.86. The van der Waals surface area contributed by atoms with Crippen LogP contribution in [-0.2, 0) is 17.6 Å². The van der Waals surface area contributed by atoms with Crippen LogP contribution in [0.5, 0.6) is 0 Å². The maximum Gasteiger partial charge on any atom is 0.309 e. The molecule has 1 aromatic heterocycles. The lowest BCUT2D eigenvalue weighted by Gasteiger charge is -2.39. The van der Waals surface area contributed by atoms with Gasteiger partial charge in [0, 0.05) is 24.4 Å². The van der Waals surface area contributed by atoms with Crippen LogP contribution in [0.3, 0.4) is 0 Å². The van der Waals surface area contributed by atoms with Gasteiger partial charge >= 0.3 is 5.97 Å². The van der Waals surface area contributed by atoms with Crippen LogP contribution in [0, 0.1) is 35.0 Å². The molecule has 2 saturated carbocycles. The molecule has 8 heteroatoms. The molecule has 0 amide bonds. The molecule has 0 bridgehead atoms. The zero-order chi connectivity index (χ0) is 36.4. The zero-order valence-electron chi connectivity index (χ0n) is 31.6. The van der Waals surface area contributed by atoms with Crippen molar-refractivity contribution in [3.05, 3.63) is 59.2 Å². The second-order valence-electron chi connectivity index (χ2n) is 16.8. The van der Waals surface area contributed by atoms with Crippen molar-refractivity contribution in [3.63, 3.8) is 0 Å². The van der Waals surface area contributed by atoms with Gasteiger partial charge in [0.2, 0.25) is 0 Å². The molecule has 8 atom stereocenters. The second-order valence-corrected chi connectivity index (χ2v) is 16.8. The first kappa shape index (κ1) is 39.7. The first-order valence-electron chi connectivity index (χ1n) is 20.6. The molecule has 8 nitrogen and oxygen atoms in total. The quantitative estimate of drug-likeness (QED) is 0.0542. The van der Waals surface area contributed by atoms with E-state index in [0.29, 0.717) is 36.9 Å². The van der Waals surface area contributed by atoms with Crippen molar-refractivity contribution in [3.8, 4) is 0 Å². The number of aromatic amines is 1. The fourth-order valence-electron chi connectivity index (χ4n) is 10.3. The molecule has 2 fully saturated rings. The summed E-state index contributed by atoms with van der Waals surface area (Å²) in [6.45, 7) is 5.09. The van der Waals surface area contributed by atoms with Gasteiger partial charge in [-0.2, -0.15) is 0 Å². The number of allylic oxidation sites excluding steroid dienone is 3. The van der Waals surface area contributed by atoms with E-state index in [-0.39, 0.29) is 29.8 Å². The monoisotopic (exact) mass is 708 g/mol. The Morgan fingerprint density at radius 2 is 1.82 bits per heavy atom. The van der Waals surface area contributed by atoms with Gasteiger partial charge < -0.3 is 36.5 Å². The van der Waals surface area contributed by atoms with Gasteiger partial charge in [0.25, 0.3) is 0 Å². The Morgan fingerprint density at radius 1 is 1.04 bits per heavy atom. The van der Waals surface area contributed by atoms with Gasteiger partial charge in [-0.15, -0.1) is 0 Å². The Labute approximate surface area is 307 Å². The van der Waals surface area contributed by atoms with Gasteiger partial charge in [-0.25, -0.2) is 0 Å². The van der Waals surface area contributed by atoms with E-state index in [1.807, 2.05) is 0 Å². The lowest BCUT2D eigenvalue weighted by Crippen LogP contribution is -2.38. The zero-order valence-corrected chi connectivity index (χ0v) is 31.6. The number of hydrogen-bond acceptors (Lipinski definition) is 6. The SMILES string of the molecule is CCCCCC1C=CC(CCCCCC(C(=O)O)C(O)CCC2(O)CC(C3(C4=CCNC(N)=C4)CCCC3)CC2Cc2cc(CC)c[nH]2)C(O)C1. The van der Waals surface area contributed by atoms with Gasteiger partial charge in [-0.05, 0) is 123 Å². The lowest BCUT2D eigenvalue weighted by molar-refractivity contribution is -0.146. The summed E-state index contributed by atoms with van der Waals surface area (Å²) in [4.78, 5) is 15.9. The molecule has 3 aliphatic carbocycles. The van der Waals surface area contributed by atoms with E-state index in [9.17, 15) is 25.2 Å². The van der Waals surface area contributed by atoms with Gasteiger partial charge in [0.05, 0.1) is 29.5 Å². The highest BCUT2D eigenvalue weighted by molar-refractivity contribution is 5.70. The normalized spacial score (nSPS) is 30.1. The Morgan fingerprint density at radius 3 is 2.51 bits per heavy atom. The number of carboxylic acids is 1. The summed E-state index contributed by atoms with van der Waals surface area (Å²) >= 11 is 0. The molecule has 0 radical (unpaired) electrons. The van der Waals surface area contributed by atoms with Gasteiger partial charge in [-0.3, -0.25) is 4.79 Å². The number of unbranched alkanes of at least 4 members (excludes halogenated alkanes) is 4. The first-order chi connectivity index (χ1) is 24.6. The molecule has 51 heavy (non-hydrogen) atoms. The van der Waals surface area contributed by atoms with Crippen LogP contribution >= 0.6 is 0 Å². The van der Waals surface area contributed by atoms with Crippen LogP contribution in [0.4, 0.5) is 0 Å². The molecule has 4 aliphatic rings. The van der Waals surface area contributed by atoms with Gasteiger partial charge in [0.15, 0.2) is 0 Å². The van der Waals surface area contributed by atoms with E-state index in [1.165, 1.54) is 43.2 Å². The molecule has 1 aliphatic heterocycles. The number of aliphatic hydroxyl groups excluding tert-OH is 2. The smallest absolute Gasteiger partial charge is 0.309 e. The molecule has 8 N–H and O–H groups in total. The van der Waals surface area contributed by atoms with Crippen molar-refractivity contribution in [1.82, 2.24) is 10.3 Å². The summed E-state index contributed by atoms with van der Waals surface area (Å²) in [5, 5.41) is 48.0. The first-order valence-corrected chi connectivity index (χ1v) is 20.6. The third-order valence-electron chi connectivity index (χ3n) is 13.5. The van der Waals surface area contributed by atoms with E-state index in [1.54, 1.807) is 0 Å². The molecule has 0 aromatic carbocycles. The topological polar surface area (TPSA) is 152 Å². The number of rotatable bonds is 20. The Balaban J connectivity index is 1.18. The van der Waals surface area contributed by atoms with Crippen molar-refractivity contribution in [2.45, 2.75) is 160 Å². The maximum atomic E-state index is 12.5. The molecule has 1 aromatic rings. The molecular formula is C43H69N3O5. The van der Waals surface area contributed by atoms with Crippen LogP contribution in [-0.4, -0.2) is 55.7 Å². The number of dihydropyridines is 1. The van der Waals surface area contributed by atoms with E-state index in [2.05, 4.69) is 60.7 Å². The van der Waals surface area contributed by atoms with Crippen molar-refractivity contribution < 1.29 is 25.2 Å².